The molecule has 0 fully saturated rings. The zero-order valence-electron chi connectivity index (χ0n) is 8.64. The van der Waals surface area contributed by atoms with Gasteiger partial charge in [-0.3, -0.25) is 4.79 Å². The highest BCUT2D eigenvalue weighted by Crippen LogP contribution is 2.34. The predicted molar refractivity (Wildman–Crippen MR) is 71.2 cm³/mol. The van der Waals surface area contributed by atoms with E-state index >= 15 is 0 Å². The largest absolute Gasteiger partial charge is 0.396 e. The highest BCUT2D eigenvalue weighted by atomic mass is 79.9. The van der Waals surface area contributed by atoms with E-state index in [0.29, 0.717) is 8.81 Å². The molecule has 0 aliphatic rings. The summed E-state index contributed by atoms with van der Waals surface area (Å²) in [4.78, 5) is 12.2. The van der Waals surface area contributed by atoms with Crippen LogP contribution in [0.1, 0.15) is 15.2 Å². The first-order valence-corrected chi connectivity index (χ1v) is 6.63. The van der Waals surface area contributed by atoms with Crippen molar-refractivity contribution < 1.29 is 13.6 Å². The lowest BCUT2D eigenvalue weighted by Crippen LogP contribution is -2.06. The molecule has 7 heteroatoms. The van der Waals surface area contributed by atoms with Crippen molar-refractivity contribution in [2.75, 3.05) is 5.73 Å². The Labute approximate surface area is 118 Å². The Morgan fingerprint density at radius 3 is 2.56 bits per heavy atom. The zero-order valence-corrected chi connectivity index (χ0v) is 11.8. The number of rotatable bonds is 2. The van der Waals surface area contributed by atoms with Crippen molar-refractivity contribution in [1.82, 2.24) is 0 Å². The van der Waals surface area contributed by atoms with Crippen molar-refractivity contribution in [2.45, 2.75) is 0 Å². The number of hydrogen-bond donors (Lipinski definition) is 1. The van der Waals surface area contributed by atoms with Crippen LogP contribution in [0.3, 0.4) is 0 Å². The maximum absolute atomic E-state index is 13.7. The van der Waals surface area contributed by atoms with Gasteiger partial charge >= 0.3 is 0 Å². The average Bonchev–Trinajstić information content (AvgIpc) is 2.63. The molecule has 18 heavy (non-hydrogen) atoms. The summed E-state index contributed by atoms with van der Waals surface area (Å²) >= 11 is 9.97. The number of carbonyl (C=O) groups excluding carboxylic acids is 1. The third-order valence-corrected chi connectivity index (χ3v) is 4.65. The average molecular weight is 353 g/mol. The molecule has 0 spiro atoms. The van der Waals surface area contributed by atoms with Crippen LogP contribution < -0.4 is 5.73 Å². The smallest absolute Gasteiger partial charge is 0.206 e. The normalized spacial score (nSPS) is 10.7. The standard InChI is InChI=1S/C11H5BrClF2NOS/c12-11-6(13)3-8(18-11)10(17)5-1-4(14)2-7(16)9(5)15/h1-3H,16H2. The van der Waals surface area contributed by atoms with E-state index in [0.717, 1.165) is 23.5 Å². The number of hydrogen-bond acceptors (Lipinski definition) is 3. The summed E-state index contributed by atoms with van der Waals surface area (Å²) in [6.07, 6.45) is 0. The van der Waals surface area contributed by atoms with Crippen molar-refractivity contribution in [3.63, 3.8) is 0 Å². The van der Waals surface area contributed by atoms with Crippen LogP contribution in [0.2, 0.25) is 5.02 Å². The van der Waals surface area contributed by atoms with Gasteiger partial charge in [-0.25, -0.2) is 8.78 Å². The van der Waals surface area contributed by atoms with E-state index < -0.39 is 28.7 Å². The fourth-order valence-electron chi connectivity index (χ4n) is 1.37. The topological polar surface area (TPSA) is 43.1 Å². The Balaban J connectivity index is 2.52. The lowest BCUT2D eigenvalue weighted by atomic mass is 10.1. The summed E-state index contributed by atoms with van der Waals surface area (Å²) in [5.74, 6) is -2.35. The lowest BCUT2D eigenvalue weighted by molar-refractivity contribution is 0.103. The second kappa shape index (κ2) is 4.95. The van der Waals surface area contributed by atoms with Gasteiger partial charge in [-0.05, 0) is 34.1 Å². The minimum atomic E-state index is -0.929. The van der Waals surface area contributed by atoms with Gasteiger partial charge < -0.3 is 5.73 Å². The fourth-order valence-corrected chi connectivity index (χ4v) is 3.02. The van der Waals surface area contributed by atoms with E-state index in [1.165, 1.54) is 6.07 Å². The van der Waals surface area contributed by atoms with Gasteiger partial charge in [-0.2, -0.15) is 0 Å². The highest BCUT2D eigenvalue weighted by Gasteiger charge is 2.20. The maximum Gasteiger partial charge on any atom is 0.206 e. The van der Waals surface area contributed by atoms with Crippen LogP contribution in [-0.2, 0) is 0 Å². The second-order valence-corrected chi connectivity index (χ2v) is 6.20. The lowest BCUT2D eigenvalue weighted by Gasteiger charge is -2.03. The number of carbonyl (C=O) groups is 1. The SMILES string of the molecule is Nc1cc(F)cc(C(=O)c2cc(Cl)c(Br)s2)c1F. The number of thiophene rings is 1. The van der Waals surface area contributed by atoms with E-state index in [1.807, 2.05) is 0 Å². The molecule has 2 N–H and O–H groups in total. The second-order valence-electron chi connectivity index (χ2n) is 3.42. The molecule has 1 heterocycles. The number of nitrogen functional groups attached to an aromatic ring is 1. The Kier molecular flexibility index (Phi) is 3.70. The van der Waals surface area contributed by atoms with E-state index in [1.54, 1.807) is 0 Å². The molecule has 0 atom stereocenters. The van der Waals surface area contributed by atoms with E-state index in [-0.39, 0.29) is 4.88 Å². The van der Waals surface area contributed by atoms with Gasteiger partial charge in [0, 0.05) is 0 Å². The molecule has 94 valence electrons. The Bertz CT molecular complexity index is 625. The summed E-state index contributed by atoms with van der Waals surface area (Å²) in [5, 5.41) is 0.341. The third kappa shape index (κ3) is 2.41. The van der Waals surface area contributed by atoms with Crippen LogP contribution in [-0.4, -0.2) is 5.78 Å². The van der Waals surface area contributed by atoms with Crippen LogP contribution in [0.5, 0.6) is 0 Å². The van der Waals surface area contributed by atoms with Crippen LogP contribution in [0.25, 0.3) is 0 Å². The Morgan fingerprint density at radius 2 is 2.00 bits per heavy atom. The molecule has 1 aromatic carbocycles. The third-order valence-electron chi connectivity index (χ3n) is 2.18. The molecular weight excluding hydrogens is 348 g/mol. The van der Waals surface area contributed by atoms with Crippen molar-refractivity contribution in [3.05, 3.63) is 49.1 Å². The molecule has 0 radical (unpaired) electrons. The van der Waals surface area contributed by atoms with Gasteiger partial charge in [0.25, 0.3) is 0 Å². The highest BCUT2D eigenvalue weighted by molar-refractivity contribution is 9.11. The number of nitrogens with two attached hydrogens (primary N) is 1. The summed E-state index contributed by atoms with van der Waals surface area (Å²) in [6, 6.07) is 3.03. The molecule has 2 aromatic rings. The van der Waals surface area contributed by atoms with Crippen molar-refractivity contribution in [2.24, 2.45) is 0 Å². The summed E-state index contributed by atoms with van der Waals surface area (Å²) < 4.78 is 27.4. The van der Waals surface area contributed by atoms with Crippen molar-refractivity contribution in [3.8, 4) is 0 Å². The maximum atomic E-state index is 13.7. The minimum absolute atomic E-state index is 0.204. The summed E-state index contributed by atoms with van der Waals surface area (Å²) in [6.45, 7) is 0. The zero-order chi connectivity index (χ0) is 13.4. The molecule has 0 saturated carbocycles. The summed E-state index contributed by atoms with van der Waals surface area (Å²) in [5.41, 5.74) is 4.47. The van der Waals surface area contributed by atoms with Crippen LogP contribution in [0, 0.1) is 11.6 Å². The van der Waals surface area contributed by atoms with E-state index in [4.69, 9.17) is 17.3 Å². The summed E-state index contributed by atoms with van der Waals surface area (Å²) in [7, 11) is 0. The molecule has 0 saturated heterocycles. The van der Waals surface area contributed by atoms with Crippen molar-refractivity contribution >= 4 is 50.3 Å². The molecule has 2 rings (SSSR count). The molecule has 0 amide bonds. The van der Waals surface area contributed by atoms with Crippen LogP contribution in [0.4, 0.5) is 14.5 Å². The molecular formula is C11H5BrClF2NOS. The number of halogens is 4. The van der Waals surface area contributed by atoms with Gasteiger partial charge in [0.15, 0.2) is 5.82 Å². The molecule has 0 aliphatic carbocycles. The van der Waals surface area contributed by atoms with Gasteiger partial charge in [0.05, 0.1) is 24.9 Å². The Morgan fingerprint density at radius 1 is 1.33 bits per heavy atom. The number of ketones is 1. The van der Waals surface area contributed by atoms with E-state index in [9.17, 15) is 13.6 Å². The van der Waals surface area contributed by atoms with Crippen molar-refractivity contribution in [1.29, 1.82) is 0 Å². The van der Waals surface area contributed by atoms with Gasteiger partial charge in [0.2, 0.25) is 5.78 Å². The quantitative estimate of drug-likeness (QED) is 0.648. The molecule has 0 unspecified atom stereocenters. The fraction of sp³-hybridized carbons (Fsp3) is 0. The molecule has 0 bridgehead atoms. The number of benzene rings is 1. The van der Waals surface area contributed by atoms with Gasteiger partial charge in [-0.15, -0.1) is 11.3 Å². The minimum Gasteiger partial charge on any atom is -0.396 e. The predicted octanol–water partition coefficient (Wildman–Crippen LogP) is 4.26. The van der Waals surface area contributed by atoms with Gasteiger partial charge in [-0.1, -0.05) is 11.6 Å². The van der Waals surface area contributed by atoms with E-state index in [2.05, 4.69) is 15.9 Å². The monoisotopic (exact) mass is 351 g/mol. The van der Waals surface area contributed by atoms with Gasteiger partial charge in [0.1, 0.15) is 5.82 Å². The molecule has 2 nitrogen and oxygen atoms in total. The first-order chi connectivity index (χ1) is 8.40. The molecule has 1 aromatic heterocycles. The first kappa shape index (κ1) is 13.5. The van der Waals surface area contributed by atoms with Crippen LogP contribution in [0.15, 0.2) is 22.0 Å². The first-order valence-electron chi connectivity index (χ1n) is 4.64. The van der Waals surface area contributed by atoms with Crippen LogP contribution >= 0.6 is 38.9 Å². The molecule has 0 aliphatic heterocycles. The number of anilines is 1. The Hall–Kier alpha value is -0.980.